The molecule has 0 aliphatic rings. The Hall–Kier alpha value is -1.78. The molecule has 0 bridgehead atoms. The summed E-state index contributed by atoms with van der Waals surface area (Å²) in [5.74, 6) is 0.748. The molecule has 1 rings (SSSR count). The van der Waals surface area contributed by atoms with Crippen LogP contribution in [0.4, 0.5) is 4.39 Å². The zero-order valence-electron chi connectivity index (χ0n) is 10.1. The van der Waals surface area contributed by atoms with Crippen LogP contribution in [-0.4, -0.2) is 25.2 Å². The largest absolute Gasteiger partial charge is 0.489 e. The molecule has 17 heavy (non-hydrogen) atoms. The number of nitrogens with one attached hydrogen (secondary N) is 1. The molecule has 0 aliphatic heterocycles. The van der Waals surface area contributed by atoms with Gasteiger partial charge in [-0.2, -0.15) is 0 Å². The van der Waals surface area contributed by atoms with Gasteiger partial charge in [0.2, 0.25) is 0 Å². The lowest BCUT2D eigenvalue weighted by Crippen LogP contribution is -2.32. The molecule has 3 N–H and O–H groups in total. The lowest BCUT2D eigenvalue weighted by Gasteiger charge is -2.13. The van der Waals surface area contributed by atoms with Crippen LogP contribution in [0, 0.1) is 5.82 Å². The number of hydrogen-bond acceptors (Lipinski definition) is 2. The van der Waals surface area contributed by atoms with Crippen molar-refractivity contribution in [1.82, 2.24) is 5.32 Å². The minimum Gasteiger partial charge on any atom is -0.489 e. The van der Waals surface area contributed by atoms with Gasteiger partial charge in [-0.25, -0.2) is 9.38 Å². The molecule has 1 aromatic rings. The highest BCUT2D eigenvalue weighted by atomic mass is 19.1. The van der Waals surface area contributed by atoms with Gasteiger partial charge in [0.05, 0.1) is 6.54 Å². The van der Waals surface area contributed by atoms with E-state index in [-0.39, 0.29) is 11.9 Å². The van der Waals surface area contributed by atoms with Crippen molar-refractivity contribution in [3.05, 3.63) is 30.1 Å². The van der Waals surface area contributed by atoms with Crippen molar-refractivity contribution in [3.63, 3.8) is 0 Å². The maximum Gasteiger partial charge on any atom is 0.188 e. The number of guanidine groups is 1. The predicted octanol–water partition coefficient (Wildman–Crippen LogP) is 1.52. The summed E-state index contributed by atoms with van der Waals surface area (Å²) < 4.78 is 18.2. The first-order valence-electron chi connectivity index (χ1n) is 5.57. The Morgan fingerprint density at radius 3 is 2.71 bits per heavy atom. The standard InChI is InChI=1S/C12H18FN3O/c1-3-15-12(14)16-8-9(2)17-11-6-4-10(13)5-7-11/h4-7,9H,3,8H2,1-2H3,(H3,14,15,16). The van der Waals surface area contributed by atoms with Crippen molar-refractivity contribution in [2.24, 2.45) is 10.7 Å². The maximum absolute atomic E-state index is 12.7. The normalized spacial score (nSPS) is 13.2. The van der Waals surface area contributed by atoms with Crippen LogP contribution >= 0.6 is 0 Å². The van der Waals surface area contributed by atoms with Crippen molar-refractivity contribution in [2.45, 2.75) is 20.0 Å². The van der Waals surface area contributed by atoms with Crippen molar-refractivity contribution < 1.29 is 9.13 Å². The fourth-order valence-electron chi connectivity index (χ4n) is 1.25. The van der Waals surface area contributed by atoms with Crippen molar-refractivity contribution in [3.8, 4) is 5.75 Å². The van der Waals surface area contributed by atoms with Crippen LogP contribution in [0.3, 0.4) is 0 Å². The molecule has 1 unspecified atom stereocenters. The molecule has 0 fully saturated rings. The topological polar surface area (TPSA) is 59.6 Å². The molecule has 0 radical (unpaired) electrons. The number of ether oxygens (including phenoxy) is 1. The molecule has 0 heterocycles. The minimum atomic E-state index is -0.278. The number of aliphatic imine (C=N–C) groups is 1. The van der Waals surface area contributed by atoms with Crippen LogP contribution in [0.5, 0.6) is 5.75 Å². The summed E-state index contributed by atoms with van der Waals surface area (Å²) in [6, 6.07) is 5.89. The first-order chi connectivity index (χ1) is 8.11. The average Bonchev–Trinajstić information content (AvgIpc) is 2.30. The van der Waals surface area contributed by atoms with Gasteiger partial charge in [0.25, 0.3) is 0 Å². The number of benzene rings is 1. The van der Waals surface area contributed by atoms with E-state index in [1.165, 1.54) is 12.1 Å². The van der Waals surface area contributed by atoms with E-state index in [2.05, 4.69) is 10.3 Å². The summed E-state index contributed by atoms with van der Waals surface area (Å²) in [6.45, 7) is 5.02. The van der Waals surface area contributed by atoms with Crippen LogP contribution < -0.4 is 15.8 Å². The number of nitrogens with two attached hydrogens (primary N) is 1. The van der Waals surface area contributed by atoms with Gasteiger partial charge in [0.15, 0.2) is 5.96 Å². The highest BCUT2D eigenvalue weighted by Gasteiger charge is 2.03. The SMILES string of the molecule is CCNC(N)=NCC(C)Oc1ccc(F)cc1. The van der Waals surface area contributed by atoms with Crippen molar-refractivity contribution >= 4 is 5.96 Å². The predicted molar refractivity (Wildman–Crippen MR) is 66.7 cm³/mol. The van der Waals surface area contributed by atoms with Crippen LogP contribution in [-0.2, 0) is 0 Å². The van der Waals surface area contributed by atoms with E-state index < -0.39 is 0 Å². The second-order valence-corrected chi connectivity index (χ2v) is 3.64. The Balaban J connectivity index is 2.41. The summed E-state index contributed by atoms with van der Waals surface area (Å²) in [6.07, 6.45) is -0.113. The lowest BCUT2D eigenvalue weighted by atomic mass is 10.3. The molecule has 0 saturated heterocycles. The molecular formula is C12H18FN3O. The van der Waals surface area contributed by atoms with Gasteiger partial charge in [-0.05, 0) is 38.1 Å². The number of rotatable bonds is 5. The number of hydrogen-bond donors (Lipinski definition) is 2. The Morgan fingerprint density at radius 1 is 1.47 bits per heavy atom. The zero-order chi connectivity index (χ0) is 12.7. The van der Waals surface area contributed by atoms with Gasteiger partial charge in [-0.3, -0.25) is 0 Å². The second-order valence-electron chi connectivity index (χ2n) is 3.64. The summed E-state index contributed by atoms with van der Waals surface area (Å²) in [5.41, 5.74) is 5.58. The van der Waals surface area contributed by atoms with Gasteiger partial charge < -0.3 is 15.8 Å². The minimum absolute atomic E-state index is 0.113. The first kappa shape index (κ1) is 13.3. The van der Waals surface area contributed by atoms with Crippen molar-refractivity contribution in [2.75, 3.05) is 13.1 Å². The molecule has 94 valence electrons. The summed E-state index contributed by atoms with van der Waals surface area (Å²) in [5, 5.41) is 2.89. The number of halogens is 1. The van der Waals surface area contributed by atoms with Crippen LogP contribution in [0.1, 0.15) is 13.8 Å². The Kier molecular flexibility index (Phi) is 5.26. The molecule has 1 aromatic carbocycles. The molecule has 0 aromatic heterocycles. The third-order valence-corrected chi connectivity index (χ3v) is 2.03. The Labute approximate surface area is 101 Å². The molecule has 0 amide bonds. The van der Waals surface area contributed by atoms with E-state index in [0.717, 1.165) is 6.54 Å². The smallest absolute Gasteiger partial charge is 0.188 e. The monoisotopic (exact) mass is 239 g/mol. The van der Waals surface area contributed by atoms with Gasteiger partial charge in [0.1, 0.15) is 17.7 Å². The summed E-state index contributed by atoms with van der Waals surface area (Å²) in [4.78, 5) is 4.11. The third-order valence-electron chi connectivity index (χ3n) is 2.03. The van der Waals surface area contributed by atoms with Crippen LogP contribution in [0.2, 0.25) is 0 Å². The van der Waals surface area contributed by atoms with E-state index in [9.17, 15) is 4.39 Å². The second kappa shape index (κ2) is 6.73. The Bertz CT molecular complexity index is 365. The Morgan fingerprint density at radius 2 is 2.12 bits per heavy atom. The van der Waals surface area contributed by atoms with Crippen LogP contribution in [0.25, 0.3) is 0 Å². The molecular weight excluding hydrogens is 221 g/mol. The van der Waals surface area contributed by atoms with Gasteiger partial charge in [0, 0.05) is 6.54 Å². The first-order valence-corrected chi connectivity index (χ1v) is 5.57. The lowest BCUT2D eigenvalue weighted by molar-refractivity contribution is 0.230. The molecule has 0 aliphatic carbocycles. The summed E-state index contributed by atoms with van der Waals surface area (Å²) >= 11 is 0. The van der Waals surface area contributed by atoms with Gasteiger partial charge in [-0.1, -0.05) is 0 Å². The zero-order valence-corrected chi connectivity index (χ0v) is 10.1. The van der Waals surface area contributed by atoms with E-state index >= 15 is 0 Å². The molecule has 4 nitrogen and oxygen atoms in total. The quantitative estimate of drug-likeness (QED) is 0.605. The maximum atomic E-state index is 12.7. The van der Waals surface area contributed by atoms with Crippen LogP contribution in [0.15, 0.2) is 29.3 Å². The molecule has 0 saturated carbocycles. The van der Waals surface area contributed by atoms with Gasteiger partial charge >= 0.3 is 0 Å². The summed E-state index contributed by atoms with van der Waals surface area (Å²) in [7, 11) is 0. The molecule has 0 spiro atoms. The van der Waals surface area contributed by atoms with Gasteiger partial charge in [-0.15, -0.1) is 0 Å². The van der Waals surface area contributed by atoms with E-state index in [1.54, 1.807) is 12.1 Å². The van der Waals surface area contributed by atoms with E-state index in [0.29, 0.717) is 18.3 Å². The van der Waals surface area contributed by atoms with E-state index in [1.807, 2.05) is 13.8 Å². The average molecular weight is 239 g/mol. The van der Waals surface area contributed by atoms with Crippen molar-refractivity contribution in [1.29, 1.82) is 0 Å². The molecule has 1 atom stereocenters. The fourth-order valence-corrected chi connectivity index (χ4v) is 1.25. The fraction of sp³-hybridized carbons (Fsp3) is 0.417. The number of nitrogens with zero attached hydrogens (tertiary/aromatic N) is 1. The highest BCUT2D eigenvalue weighted by Crippen LogP contribution is 2.12. The molecule has 5 heteroatoms. The van der Waals surface area contributed by atoms with E-state index in [4.69, 9.17) is 10.5 Å². The third kappa shape index (κ3) is 5.19. The highest BCUT2D eigenvalue weighted by molar-refractivity contribution is 5.77.